The van der Waals surface area contributed by atoms with Crippen molar-refractivity contribution in [3.63, 3.8) is 0 Å². The molecule has 2 heteroatoms. The molecule has 1 atom stereocenters. The number of hydrogen-bond donors (Lipinski definition) is 1. The van der Waals surface area contributed by atoms with Crippen LogP contribution in [-0.2, 0) is 0 Å². The Hall–Kier alpha value is -0.530. The van der Waals surface area contributed by atoms with Crippen LogP contribution in [0.1, 0.15) is 16.5 Å². The molecule has 0 aliphatic carbocycles. The smallest absolute Gasteiger partial charge is 0.0707 e. The van der Waals surface area contributed by atoms with E-state index in [1.165, 1.54) is 5.56 Å². The molecule has 0 fully saturated rings. The molecule has 1 aromatic rings. The molecular weight excluding hydrogens is 158 g/mol. The summed E-state index contributed by atoms with van der Waals surface area (Å²) in [7, 11) is 0. The fourth-order valence-electron chi connectivity index (χ4n) is 0.911. The highest BCUT2D eigenvalue weighted by Gasteiger charge is 2.02. The molecule has 0 aliphatic heterocycles. The fourth-order valence-corrected chi connectivity index (χ4v) is 1.06. The Morgan fingerprint density at radius 3 is 2.36 bits per heavy atom. The Labute approximate surface area is 72.2 Å². The second-order valence-electron chi connectivity index (χ2n) is 2.61. The summed E-state index contributed by atoms with van der Waals surface area (Å²) >= 11 is 5.92. The first-order valence-electron chi connectivity index (χ1n) is 3.64. The second-order valence-corrected chi connectivity index (χ2v) is 3.14. The molecule has 11 heavy (non-hydrogen) atoms. The van der Waals surface area contributed by atoms with E-state index in [9.17, 15) is 0 Å². The highest BCUT2D eigenvalue weighted by atomic mass is 35.5. The van der Waals surface area contributed by atoms with Gasteiger partial charge in [-0.05, 0) is 12.5 Å². The summed E-state index contributed by atoms with van der Waals surface area (Å²) in [4.78, 5) is 0. The lowest BCUT2D eigenvalue weighted by Gasteiger charge is -2.05. The Kier molecular flexibility index (Phi) is 2.92. The average molecular weight is 170 g/mol. The predicted octanol–water partition coefficient (Wildman–Crippen LogP) is 2.23. The largest absolute Gasteiger partial charge is 0.329 e. The van der Waals surface area contributed by atoms with E-state index in [0.29, 0.717) is 6.54 Å². The lowest BCUT2D eigenvalue weighted by molar-refractivity contribution is 0.930. The van der Waals surface area contributed by atoms with Gasteiger partial charge in [-0.3, -0.25) is 0 Å². The summed E-state index contributed by atoms with van der Waals surface area (Å²) in [6.45, 7) is 2.54. The van der Waals surface area contributed by atoms with Gasteiger partial charge in [0.15, 0.2) is 0 Å². The molecule has 0 aliphatic rings. The molecule has 0 bridgehead atoms. The van der Waals surface area contributed by atoms with Gasteiger partial charge in [0.05, 0.1) is 5.38 Å². The lowest BCUT2D eigenvalue weighted by Crippen LogP contribution is -2.06. The minimum Gasteiger partial charge on any atom is -0.329 e. The molecule has 0 saturated carbocycles. The van der Waals surface area contributed by atoms with E-state index in [1.807, 2.05) is 24.3 Å². The van der Waals surface area contributed by atoms with Crippen molar-refractivity contribution in [2.45, 2.75) is 12.3 Å². The normalized spacial score (nSPS) is 13.0. The quantitative estimate of drug-likeness (QED) is 0.676. The molecule has 0 radical (unpaired) electrons. The number of rotatable bonds is 2. The van der Waals surface area contributed by atoms with E-state index in [1.54, 1.807) is 0 Å². The van der Waals surface area contributed by atoms with Gasteiger partial charge in [-0.2, -0.15) is 0 Å². The molecule has 1 rings (SSSR count). The summed E-state index contributed by atoms with van der Waals surface area (Å²) in [5, 5.41) is -0.0457. The van der Waals surface area contributed by atoms with Gasteiger partial charge in [-0.25, -0.2) is 0 Å². The third kappa shape index (κ3) is 2.21. The Balaban J connectivity index is 2.81. The molecule has 0 amide bonds. The van der Waals surface area contributed by atoms with Crippen molar-refractivity contribution in [1.29, 1.82) is 0 Å². The van der Waals surface area contributed by atoms with Gasteiger partial charge in [0.25, 0.3) is 0 Å². The van der Waals surface area contributed by atoms with E-state index in [4.69, 9.17) is 17.3 Å². The van der Waals surface area contributed by atoms with Crippen LogP contribution in [0.3, 0.4) is 0 Å². The van der Waals surface area contributed by atoms with Crippen LogP contribution in [-0.4, -0.2) is 6.54 Å². The third-order valence-corrected chi connectivity index (χ3v) is 2.08. The van der Waals surface area contributed by atoms with Crippen molar-refractivity contribution in [1.82, 2.24) is 0 Å². The first-order valence-corrected chi connectivity index (χ1v) is 4.08. The molecule has 0 aromatic heterocycles. The van der Waals surface area contributed by atoms with Crippen molar-refractivity contribution in [3.05, 3.63) is 35.4 Å². The van der Waals surface area contributed by atoms with Crippen molar-refractivity contribution >= 4 is 11.6 Å². The maximum absolute atomic E-state index is 5.92. The topological polar surface area (TPSA) is 26.0 Å². The number of benzene rings is 1. The highest BCUT2D eigenvalue weighted by molar-refractivity contribution is 6.20. The number of aryl methyl sites for hydroxylation is 1. The molecule has 2 N–H and O–H groups in total. The van der Waals surface area contributed by atoms with Crippen molar-refractivity contribution in [2.24, 2.45) is 5.73 Å². The standard InChI is InChI=1S/C9H12ClN/c1-7-2-4-8(5-3-7)9(10)6-11/h2-5,9H,6,11H2,1H3. The molecule has 0 heterocycles. The van der Waals surface area contributed by atoms with Gasteiger partial charge < -0.3 is 5.73 Å². The second kappa shape index (κ2) is 3.74. The van der Waals surface area contributed by atoms with Crippen LogP contribution < -0.4 is 5.73 Å². The van der Waals surface area contributed by atoms with Crippen molar-refractivity contribution < 1.29 is 0 Å². The zero-order valence-electron chi connectivity index (χ0n) is 6.55. The minimum absolute atomic E-state index is 0.0457. The lowest BCUT2D eigenvalue weighted by atomic mass is 10.1. The molecular formula is C9H12ClN. The maximum Gasteiger partial charge on any atom is 0.0707 e. The summed E-state index contributed by atoms with van der Waals surface area (Å²) in [6, 6.07) is 8.11. The number of nitrogens with two attached hydrogens (primary N) is 1. The first-order chi connectivity index (χ1) is 5.24. The van der Waals surface area contributed by atoms with Gasteiger partial charge in [-0.1, -0.05) is 29.8 Å². The van der Waals surface area contributed by atoms with E-state index in [-0.39, 0.29) is 5.38 Å². The predicted molar refractivity (Wildman–Crippen MR) is 48.8 cm³/mol. The summed E-state index contributed by atoms with van der Waals surface area (Å²) < 4.78 is 0. The van der Waals surface area contributed by atoms with Gasteiger partial charge in [0.1, 0.15) is 0 Å². The molecule has 1 unspecified atom stereocenters. The average Bonchev–Trinajstić information content (AvgIpc) is 2.05. The molecule has 0 spiro atoms. The van der Waals surface area contributed by atoms with Crippen LogP contribution >= 0.6 is 11.6 Å². The highest BCUT2D eigenvalue weighted by Crippen LogP contribution is 2.18. The summed E-state index contributed by atoms with van der Waals surface area (Å²) in [6.07, 6.45) is 0. The van der Waals surface area contributed by atoms with Crippen LogP contribution in [0.25, 0.3) is 0 Å². The van der Waals surface area contributed by atoms with Crippen LogP contribution in [0.4, 0.5) is 0 Å². The summed E-state index contributed by atoms with van der Waals surface area (Å²) in [5.74, 6) is 0. The Morgan fingerprint density at radius 2 is 1.91 bits per heavy atom. The van der Waals surface area contributed by atoms with Gasteiger partial charge >= 0.3 is 0 Å². The van der Waals surface area contributed by atoms with E-state index in [2.05, 4.69) is 6.92 Å². The SMILES string of the molecule is Cc1ccc(C(Cl)CN)cc1. The maximum atomic E-state index is 5.92. The van der Waals surface area contributed by atoms with Crippen LogP contribution in [0.2, 0.25) is 0 Å². The summed E-state index contributed by atoms with van der Waals surface area (Å²) in [5.41, 5.74) is 7.75. The zero-order valence-corrected chi connectivity index (χ0v) is 7.31. The zero-order chi connectivity index (χ0) is 8.27. The van der Waals surface area contributed by atoms with Gasteiger partial charge in [-0.15, -0.1) is 11.6 Å². The van der Waals surface area contributed by atoms with Crippen LogP contribution in [0.5, 0.6) is 0 Å². The van der Waals surface area contributed by atoms with E-state index >= 15 is 0 Å². The Bertz CT molecular complexity index is 218. The first kappa shape index (κ1) is 8.57. The Morgan fingerprint density at radius 1 is 1.36 bits per heavy atom. The van der Waals surface area contributed by atoms with Gasteiger partial charge in [0, 0.05) is 6.54 Å². The molecule has 0 saturated heterocycles. The number of halogens is 1. The van der Waals surface area contributed by atoms with Crippen molar-refractivity contribution in [2.75, 3.05) is 6.54 Å². The molecule has 1 nitrogen and oxygen atoms in total. The van der Waals surface area contributed by atoms with Gasteiger partial charge in [0.2, 0.25) is 0 Å². The fraction of sp³-hybridized carbons (Fsp3) is 0.333. The monoisotopic (exact) mass is 169 g/mol. The van der Waals surface area contributed by atoms with E-state index < -0.39 is 0 Å². The van der Waals surface area contributed by atoms with Crippen molar-refractivity contribution in [3.8, 4) is 0 Å². The van der Waals surface area contributed by atoms with Crippen LogP contribution in [0.15, 0.2) is 24.3 Å². The molecule has 1 aromatic carbocycles. The van der Waals surface area contributed by atoms with Crippen LogP contribution in [0, 0.1) is 6.92 Å². The third-order valence-electron chi connectivity index (χ3n) is 1.65. The minimum atomic E-state index is -0.0457. The molecule has 60 valence electrons. The number of alkyl halides is 1. The number of hydrogen-bond acceptors (Lipinski definition) is 1. The van der Waals surface area contributed by atoms with E-state index in [0.717, 1.165) is 5.56 Å².